The van der Waals surface area contributed by atoms with Gasteiger partial charge in [0.15, 0.2) is 12.2 Å². The number of aliphatic hydroxyl groups excluding tert-OH is 1. The number of hydrogen-bond donors (Lipinski definition) is 3. The van der Waals surface area contributed by atoms with Gasteiger partial charge < -0.3 is 33.8 Å². The van der Waals surface area contributed by atoms with Crippen LogP contribution in [0, 0.1) is 23.7 Å². The molecular formula is C63H122O17P2. The zero-order valence-corrected chi connectivity index (χ0v) is 54.9. The number of unbranched alkanes of at least 4 members (excludes halogenated alkanes) is 25. The number of phosphoric acid groups is 2. The highest BCUT2D eigenvalue weighted by Crippen LogP contribution is 2.45. The second-order valence-corrected chi connectivity index (χ2v) is 27.4. The molecule has 0 saturated carbocycles. The van der Waals surface area contributed by atoms with Crippen LogP contribution in [0.15, 0.2) is 0 Å². The molecular weight excluding hydrogens is 1090 g/mol. The van der Waals surface area contributed by atoms with Crippen LogP contribution in [0.4, 0.5) is 0 Å². The van der Waals surface area contributed by atoms with E-state index in [-0.39, 0.29) is 25.7 Å². The number of esters is 4. The molecule has 0 aromatic rings. The van der Waals surface area contributed by atoms with Gasteiger partial charge >= 0.3 is 39.5 Å². The Balaban J connectivity index is 5.25. The van der Waals surface area contributed by atoms with Crippen LogP contribution in [0.1, 0.15) is 299 Å². The Hall–Kier alpha value is -1.94. The van der Waals surface area contributed by atoms with Crippen LogP contribution in [-0.4, -0.2) is 96.7 Å². The summed E-state index contributed by atoms with van der Waals surface area (Å²) in [5.74, 6) is 0.718. The molecule has 0 spiro atoms. The average Bonchev–Trinajstić information content (AvgIpc) is 3.42. The molecule has 0 bridgehead atoms. The van der Waals surface area contributed by atoms with E-state index >= 15 is 0 Å². The first kappa shape index (κ1) is 80.1. The standard InChI is InChI=1S/C63H122O17P2/c1-9-56(8)42-34-26-20-22-30-38-46-63(68)80-59(49-73-60(65)43-35-27-17-14-13-16-24-32-40-54(4)5)52-78-82(71,72)76-48-57(64)47-75-81(69,70)77-51-58(50-74-61(66)44-36-28-21-19-25-33-41-55(6)7)79-62(67)45-37-29-18-12-10-11-15-23-31-39-53(2)3/h53-59,64H,9-52H2,1-8H3,(H,69,70)(H,71,72)/t56?,57?,58-,59-/m1/s1. The summed E-state index contributed by atoms with van der Waals surface area (Å²) >= 11 is 0. The first-order chi connectivity index (χ1) is 39.1. The first-order valence-corrected chi connectivity index (χ1v) is 35.7. The van der Waals surface area contributed by atoms with Crippen LogP contribution in [0.25, 0.3) is 0 Å². The largest absolute Gasteiger partial charge is 0.472 e. The molecule has 0 aliphatic rings. The average molecular weight is 1210 g/mol. The third-order valence-corrected chi connectivity index (χ3v) is 16.6. The minimum absolute atomic E-state index is 0.102. The molecule has 0 fully saturated rings. The molecule has 82 heavy (non-hydrogen) atoms. The Morgan fingerprint density at radius 2 is 0.585 bits per heavy atom. The van der Waals surface area contributed by atoms with Crippen molar-refractivity contribution in [2.24, 2.45) is 23.7 Å². The molecule has 486 valence electrons. The van der Waals surface area contributed by atoms with Crippen LogP contribution < -0.4 is 0 Å². The van der Waals surface area contributed by atoms with Gasteiger partial charge in [0.25, 0.3) is 0 Å². The second kappa shape index (κ2) is 53.3. The fourth-order valence-corrected chi connectivity index (χ4v) is 10.8. The molecule has 0 aromatic carbocycles. The van der Waals surface area contributed by atoms with Crippen LogP contribution in [0.3, 0.4) is 0 Å². The normalized spacial score (nSPS) is 14.8. The van der Waals surface area contributed by atoms with Crippen molar-refractivity contribution in [3.63, 3.8) is 0 Å². The van der Waals surface area contributed by atoms with Crippen LogP contribution >= 0.6 is 15.6 Å². The number of rotatable bonds is 60. The molecule has 0 rings (SSSR count). The summed E-state index contributed by atoms with van der Waals surface area (Å²) < 4.78 is 67.9. The predicted octanol–water partition coefficient (Wildman–Crippen LogP) is 17.0. The van der Waals surface area contributed by atoms with Gasteiger partial charge in [-0.2, -0.15) is 0 Å². The molecule has 17 nitrogen and oxygen atoms in total. The van der Waals surface area contributed by atoms with E-state index in [1.165, 1.54) is 96.3 Å². The van der Waals surface area contributed by atoms with Gasteiger partial charge in [0.05, 0.1) is 26.4 Å². The van der Waals surface area contributed by atoms with Crippen molar-refractivity contribution >= 4 is 39.5 Å². The molecule has 0 saturated heterocycles. The highest BCUT2D eigenvalue weighted by Gasteiger charge is 2.30. The summed E-state index contributed by atoms with van der Waals surface area (Å²) in [6, 6.07) is 0. The zero-order valence-electron chi connectivity index (χ0n) is 53.1. The van der Waals surface area contributed by atoms with E-state index in [9.17, 15) is 43.2 Å². The van der Waals surface area contributed by atoms with Gasteiger partial charge in [-0.3, -0.25) is 37.3 Å². The van der Waals surface area contributed by atoms with Crippen molar-refractivity contribution in [1.29, 1.82) is 0 Å². The molecule has 3 N–H and O–H groups in total. The Morgan fingerprint density at radius 1 is 0.341 bits per heavy atom. The maximum absolute atomic E-state index is 13.0. The Morgan fingerprint density at radius 3 is 0.866 bits per heavy atom. The van der Waals surface area contributed by atoms with E-state index in [0.717, 1.165) is 114 Å². The number of phosphoric ester groups is 2. The molecule has 0 aliphatic heterocycles. The molecule has 6 atom stereocenters. The van der Waals surface area contributed by atoms with Crippen LogP contribution in [0.5, 0.6) is 0 Å². The van der Waals surface area contributed by atoms with Crippen molar-refractivity contribution in [2.45, 2.75) is 318 Å². The van der Waals surface area contributed by atoms with Crippen molar-refractivity contribution in [2.75, 3.05) is 39.6 Å². The fourth-order valence-electron chi connectivity index (χ4n) is 9.22. The third kappa shape index (κ3) is 55.9. The fraction of sp³-hybridized carbons (Fsp3) is 0.937. The van der Waals surface area contributed by atoms with Gasteiger partial charge in [-0.05, 0) is 49.4 Å². The van der Waals surface area contributed by atoms with E-state index in [4.69, 9.17) is 37.0 Å². The van der Waals surface area contributed by atoms with Crippen molar-refractivity contribution in [3.8, 4) is 0 Å². The first-order valence-electron chi connectivity index (χ1n) is 32.7. The summed E-state index contributed by atoms with van der Waals surface area (Å²) in [7, 11) is -9.89. The molecule has 0 aromatic heterocycles. The SMILES string of the molecule is CCC(C)CCCCCCCCC(=O)O[C@H](COC(=O)CCCCCCCCCCC(C)C)COP(=O)(O)OCC(O)COP(=O)(O)OC[C@@H](COC(=O)CCCCCCCCC(C)C)OC(=O)CCCCCCCCCCCC(C)C. The maximum atomic E-state index is 13.0. The number of carbonyl (C=O) groups excluding carboxylic acids is 4. The summed E-state index contributed by atoms with van der Waals surface area (Å²) in [5.41, 5.74) is 0. The highest BCUT2D eigenvalue weighted by atomic mass is 31.2. The van der Waals surface area contributed by atoms with E-state index in [0.29, 0.717) is 31.6 Å². The molecule has 19 heteroatoms. The summed E-state index contributed by atoms with van der Waals surface area (Å²) in [6.07, 6.45) is 32.3. The van der Waals surface area contributed by atoms with Crippen molar-refractivity contribution in [1.82, 2.24) is 0 Å². The molecule has 0 heterocycles. The number of carbonyl (C=O) groups is 4. The minimum atomic E-state index is -4.94. The third-order valence-electron chi connectivity index (χ3n) is 14.7. The van der Waals surface area contributed by atoms with E-state index in [1.54, 1.807) is 0 Å². The van der Waals surface area contributed by atoms with E-state index < -0.39 is 97.5 Å². The minimum Gasteiger partial charge on any atom is -0.462 e. The lowest BCUT2D eigenvalue weighted by atomic mass is 10.00. The summed E-state index contributed by atoms with van der Waals surface area (Å²) in [4.78, 5) is 72.1. The second-order valence-electron chi connectivity index (χ2n) is 24.5. The van der Waals surface area contributed by atoms with Gasteiger partial charge in [0.2, 0.25) is 0 Å². The number of aliphatic hydroxyl groups is 1. The van der Waals surface area contributed by atoms with Crippen LogP contribution in [-0.2, 0) is 65.4 Å². The summed E-state index contributed by atoms with van der Waals surface area (Å²) in [5, 5.41) is 10.5. The lowest BCUT2D eigenvalue weighted by molar-refractivity contribution is -0.161. The van der Waals surface area contributed by atoms with Gasteiger partial charge in [0, 0.05) is 25.7 Å². The lowest BCUT2D eigenvalue weighted by Gasteiger charge is -2.21. The van der Waals surface area contributed by atoms with E-state index in [1.807, 2.05) is 0 Å². The van der Waals surface area contributed by atoms with Crippen LogP contribution in [0.2, 0.25) is 0 Å². The maximum Gasteiger partial charge on any atom is 0.472 e. The predicted molar refractivity (Wildman–Crippen MR) is 326 cm³/mol. The smallest absolute Gasteiger partial charge is 0.462 e. The topological polar surface area (TPSA) is 237 Å². The molecule has 0 amide bonds. The molecule has 0 radical (unpaired) electrons. The van der Waals surface area contributed by atoms with E-state index in [2.05, 4.69) is 55.4 Å². The quantitative estimate of drug-likeness (QED) is 0.0222. The highest BCUT2D eigenvalue weighted by molar-refractivity contribution is 7.47. The Bertz CT molecular complexity index is 1650. The van der Waals surface area contributed by atoms with Crippen molar-refractivity contribution < 1.29 is 80.2 Å². The number of hydrogen-bond acceptors (Lipinski definition) is 15. The molecule has 4 unspecified atom stereocenters. The zero-order chi connectivity index (χ0) is 61.1. The van der Waals surface area contributed by atoms with Gasteiger partial charge in [-0.25, -0.2) is 9.13 Å². The van der Waals surface area contributed by atoms with Gasteiger partial charge in [-0.15, -0.1) is 0 Å². The number of ether oxygens (including phenoxy) is 4. The summed E-state index contributed by atoms with van der Waals surface area (Å²) in [6.45, 7) is 13.9. The molecule has 0 aliphatic carbocycles. The monoisotopic (exact) mass is 1210 g/mol. The Labute approximate surface area is 498 Å². The van der Waals surface area contributed by atoms with Gasteiger partial charge in [0.1, 0.15) is 19.3 Å². The lowest BCUT2D eigenvalue weighted by Crippen LogP contribution is -2.30. The van der Waals surface area contributed by atoms with Gasteiger partial charge in [-0.1, -0.05) is 248 Å². The van der Waals surface area contributed by atoms with Crippen molar-refractivity contribution in [3.05, 3.63) is 0 Å². The Kier molecular flexibility index (Phi) is 52.0.